The lowest BCUT2D eigenvalue weighted by atomic mass is 10.2. The molecule has 0 saturated heterocycles. The van der Waals surface area contributed by atoms with Crippen LogP contribution in [0.5, 0.6) is 0 Å². The van der Waals surface area contributed by atoms with Crippen molar-refractivity contribution in [1.29, 1.82) is 0 Å². The molecule has 0 amide bonds. The van der Waals surface area contributed by atoms with Crippen molar-refractivity contribution in [3.63, 3.8) is 0 Å². The van der Waals surface area contributed by atoms with Crippen molar-refractivity contribution in [3.8, 4) is 0 Å². The van der Waals surface area contributed by atoms with Crippen LogP contribution in [0, 0.1) is 0 Å². The molecule has 2 heterocycles. The van der Waals surface area contributed by atoms with Gasteiger partial charge in [-0.15, -0.1) is 11.3 Å². The topological polar surface area (TPSA) is 35.2 Å². The van der Waals surface area contributed by atoms with Crippen molar-refractivity contribution in [2.24, 2.45) is 5.73 Å². The summed E-state index contributed by atoms with van der Waals surface area (Å²) in [6, 6.07) is 2.32. The number of hydrogen-bond donors (Lipinski definition) is 1. The third-order valence-electron chi connectivity index (χ3n) is 2.62. The summed E-state index contributed by atoms with van der Waals surface area (Å²) in [5, 5.41) is 0. The average molecular weight is 257 g/mol. The van der Waals surface area contributed by atoms with Gasteiger partial charge in [-0.2, -0.15) is 11.8 Å². The Kier molecular flexibility index (Phi) is 4.30. The number of rotatable bonds is 4. The molecule has 4 heteroatoms. The summed E-state index contributed by atoms with van der Waals surface area (Å²) in [5.41, 5.74) is 7.63. The maximum absolute atomic E-state index is 6.13. The summed E-state index contributed by atoms with van der Waals surface area (Å²) >= 11 is 3.89. The van der Waals surface area contributed by atoms with Crippen LogP contribution in [0.1, 0.15) is 35.2 Å². The molecular weight excluding hydrogens is 238 g/mol. The number of thiophene rings is 1. The largest absolute Gasteiger partial charge is 0.377 e. The summed E-state index contributed by atoms with van der Waals surface area (Å²) in [4.78, 5) is 2.82. The van der Waals surface area contributed by atoms with E-state index in [1.54, 1.807) is 0 Å². The summed E-state index contributed by atoms with van der Waals surface area (Å²) in [6.07, 6.45) is 1.47. The van der Waals surface area contributed by atoms with E-state index in [9.17, 15) is 0 Å². The van der Waals surface area contributed by atoms with Gasteiger partial charge in [0, 0.05) is 15.5 Å². The van der Waals surface area contributed by atoms with Crippen molar-refractivity contribution in [2.45, 2.75) is 38.2 Å². The molecule has 0 bridgehead atoms. The van der Waals surface area contributed by atoms with Gasteiger partial charge in [-0.05, 0) is 37.7 Å². The lowest BCUT2D eigenvalue weighted by Crippen LogP contribution is -2.18. The first-order valence-electron chi connectivity index (χ1n) is 5.73. The molecule has 0 saturated carbocycles. The van der Waals surface area contributed by atoms with Crippen molar-refractivity contribution >= 4 is 23.1 Å². The van der Waals surface area contributed by atoms with Gasteiger partial charge < -0.3 is 10.5 Å². The second kappa shape index (κ2) is 5.54. The van der Waals surface area contributed by atoms with Gasteiger partial charge in [-0.1, -0.05) is 0 Å². The predicted octanol–water partition coefficient (Wildman–Crippen LogP) is 2.96. The van der Waals surface area contributed by atoms with Crippen LogP contribution in [-0.2, 0) is 16.9 Å². The van der Waals surface area contributed by atoms with Crippen LogP contribution in [0.25, 0.3) is 0 Å². The van der Waals surface area contributed by atoms with Crippen LogP contribution in [0.3, 0.4) is 0 Å². The molecule has 1 aliphatic heterocycles. The minimum atomic E-state index is 0.0444. The van der Waals surface area contributed by atoms with E-state index in [4.69, 9.17) is 10.5 Å². The molecule has 90 valence electrons. The molecule has 0 aromatic carbocycles. The number of hydrogen-bond acceptors (Lipinski definition) is 4. The highest BCUT2D eigenvalue weighted by molar-refractivity contribution is 7.98. The highest BCUT2D eigenvalue weighted by atomic mass is 32.2. The monoisotopic (exact) mass is 257 g/mol. The molecule has 0 spiro atoms. The maximum Gasteiger partial charge on any atom is 0.0670 e. The number of ether oxygens (including phenoxy) is 1. The maximum atomic E-state index is 6.13. The van der Waals surface area contributed by atoms with Gasteiger partial charge in [0.15, 0.2) is 0 Å². The van der Waals surface area contributed by atoms with Crippen molar-refractivity contribution < 1.29 is 4.74 Å². The fraction of sp³-hybridized carbons (Fsp3) is 0.667. The molecule has 2 N–H and O–H groups in total. The number of nitrogens with two attached hydrogens (primary N) is 1. The second-order valence-corrected chi connectivity index (χ2v) is 6.66. The predicted molar refractivity (Wildman–Crippen MR) is 72.2 cm³/mol. The zero-order valence-corrected chi connectivity index (χ0v) is 11.5. The fourth-order valence-electron chi connectivity index (χ4n) is 1.73. The van der Waals surface area contributed by atoms with Gasteiger partial charge in [0.25, 0.3) is 0 Å². The Hall–Kier alpha value is -0.0300. The normalized spacial score (nSPS) is 17.5. The van der Waals surface area contributed by atoms with Gasteiger partial charge in [-0.3, -0.25) is 0 Å². The Morgan fingerprint density at radius 1 is 1.50 bits per heavy atom. The first-order valence-corrected chi connectivity index (χ1v) is 7.70. The smallest absolute Gasteiger partial charge is 0.0670 e. The fourth-order valence-corrected chi connectivity index (χ4v) is 4.09. The van der Waals surface area contributed by atoms with Gasteiger partial charge in [0.1, 0.15) is 0 Å². The van der Waals surface area contributed by atoms with E-state index in [2.05, 4.69) is 6.07 Å². The third-order valence-corrected chi connectivity index (χ3v) is 5.00. The van der Waals surface area contributed by atoms with E-state index in [0.29, 0.717) is 6.61 Å². The molecule has 2 nitrogen and oxygen atoms in total. The summed E-state index contributed by atoms with van der Waals surface area (Å²) < 4.78 is 5.57. The molecule has 0 aliphatic carbocycles. The van der Waals surface area contributed by atoms with Gasteiger partial charge >= 0.3 is 0 Å². The number of fused-ring (bicyclic) bond motifs is 1. The van der Waals surface area contributed by atoms with Gasteiger partial charge in [0.05, 0.1) is 18.8 Å². The molecule has 1 aromatic rings. The lowest BCUT2D eigenvalue weighted by molar-refractivity contribution is 0.0688. The van der Waals surface area contributed by atoms with E-state index in [-0.39, 0.29) is 12.1 Å². The zero-order chi connectivity index (χ0) is 11.5. The first kappa shape index (κ1) is 12.4. The third kappa shape index (κ3) is 3.00. The highest BCUT2D eigenvalue weighted by Crippen LogP contribution is 2.33. The zero-order valence-electron chi connectivity index (χ0n) is 9.86. The Labute approximate surface area is 106 Å². The minimum absolute atomic E-state index is 0.0444. The van der Waals surface area contributed by atoms with Crippen molar-refractivity contribution in [1.82, 2.24) is 0 Å². The number of aryl methyl sites for hydroxylation is 1. The summed E-state index contributed by atoms with van der Waals surface area (Å²) in [6.45, 7) is 4.72. The van der Waals surface area contributed by atoms with E-state index < -0.39 is 0 Å². The SMILES string of the molecule is CC(C)OCC(N)c1cc2c(s1)CCSC2. The van der Waals surface area contributed by atoms with Crippen LogP contribution in [0.4, 0.5) is 0 Å². The molecule has 16 heavy (non-hydrogen) atoms. The Morgan fingerprint density at radius 3 is 3.00 bits per heavy atom. The quantitative estimate of drug-likeness (QED) is 0.900. The van der Waals surface area contributed by atoms with Crippen LogP contribution in [-0.4, -0.2) is 18.5 Å². The molecule has 1 aromatic heterocycles. The van der Waals surface area contributed by atoms with E-state index in [0.717, 1.165) is 5.75 Å². The minimum Gasteiger partial charge on any atom is -0.377 e. The Morgan fingerprint density at radius 2 is 2.31 bits per heavy atom. The van der Waals surface area contributed by atoms with Crippen LogP contribution >= 0.6 is 23.1 Å². The highest BCUT2D eigenvalue weighted by Gasteiger charge is 2.17. The summed E-state index contributed by atoms with van der Waals surface area (Å²) in [5.74, 6) is 2.41. The van der Waals surface area contributed by atoms with E-state index in [1.165, 1.54) is 27.5 Å². The second-order valence-electron chi connectivity index (χ2n) is 4.39. The van der Waals surface area contributed by atoms with Crippen molar-refractivity contribution in [2.75, 3.05) is 12.4 Å². The van der Waals surface area contributed by atoms with Crippen LogP contribution < -0.4 is 5.73 Å². The average Bonchev–Trinajstić information content (AvgIpc) is 2.69. The molecule has 2 rings (SSSR count). The standard InChI is InChI=1S/C12H19NOS2/c1-8(2)14-6-10(13)12-5-9-7-15-4-3-11(9)16-12/h5,8,10H,3-4,6-7,13H2,1-2H3. The molecule has 0 radical (unpaired) electrons. The first-order chi connectivity index (χ1) is 7.66. The van der Waals surface area contributed by atoms with Gasteiger partial charge in [0.2, 0.25) is 0 Å². The van der Waals surface area contributed by atoms with Crippen LogP contribution in [0.2, 0.25) is 0 Å². The molecule has 1 aliphatic rings. The Balaban J connectivity index is 2.00. The lowest BCUT2D eigenvalue weighted by Gasteiger charge is -2.12. The van der Waals surface area contributed by atoms with Crippen molar-refractivity contribution in [3.05, 3.63) is 21.4 Å². The van der Waals surface area contributed by atoms with Crippen LogP contribution in [0.15, 0.2) is 6.07 Å². The molecule has 1 unspecified atom stereocenters. The molecule has 0 fully saturated rings. The Bertz CT molecular complexity index is 325. The molecule has 1 atom stereocenters. The van der Waals surface area contributed by atoms with E-state index in [1.807, 2.05) is 36.9 Å². The van der Waals surface area contributed by atoms with Gasteiger partial charge in [-0.25, -0.2) is 0 Å². The molecular formula is C12H19NOS2. The number of thioether (sulfide) groups is 1. The summed E-state index contributed by atoms with van der Waals surface area (Å²) in [7, 11) is 0. The van der Waals surface area contributed by atoms with E-state index >= 15 is 0 Å².